The summed E-state index contributed by atoms with van der Waals surface area (Å²) in [6.07, 6.45) is 3.71. The molecule has 5 rings (SSSR count). The van der Waals surface area contributed by atoms with Gasteiger partial charge >= 0.3 is 6.03 Å². The van der Waals surface area contributed by atoms with Gasteiger partial charge < -0.3 is 4.74 Å². The number of ether oxygens (including phenoxy) is 1. The number of nitrogens with zero attached hydrogens (tertiary/aromatic N) is 1. The molecule has 194 valence electrons. The lowest BCUT2D eigenvalue weighted by Crippen LogP contribution is -2.54. The molecule has 1 heterocycles. The Kier molecular flexibility index (Phi) is 7.63. The predicted octanol–water partition coefficient (Wildman–Crippen LogP) is 7.23. The number of allylic oxidation sites excluding steroid dienone is 1. The molecule has 1 N–H and O–H groups in total. The molecule has 1 fully saturated rings. The van der Waals surface area contributed by atoms with Crippen molar-refractivity contribution in [3.05, 3.63) is 123 Å². The van der Waals surface area contributed by atoms with E-state index in [4.69, 9.17) is 16.3 Å². The molecule has 4 amide bonds. The number of anilines is 1. The average Bonchev–Trinajstić information content (AvgIpc) is 2.92. The third-order valence-electron chi connectivity index (χ3n) is 6.26. The Morgan fingerprint density at radius 1 is 0.949 bits per heavy atom. The summed E-state index contributed by atoms with van der Waals surface area (Å²) in [7, 11) is 0. The molecule has 8 heteroatoms. The van der Waals surface area contributed by atoms with Gasteiger partial charge in [0, 0.05) is 5.02 Å². The van der Waals surface area contributed by atoms with Crippen molar-refractivity contribution >= 4 is 67.9 Å². The Morgan fingerprint density at radius 2 is 1.69 bits per heavy atom. The van der Waals surface area contributed by atoms with Crippen LogP contribution in [0.2, 0.25) is 5.02 Å². The maximum Gasteiger partial charge on any atom is 0.335 e. The van der Waals surface area contributed by atoms with Crippen molar-refractivity contribution in [2.24, 2.45) is 0 Å². The fourth-order valence-corrected chi connectivity index (χ4v) is 5.20. The smallest absolute Gasteiger partial charge is 0.335 e. The van der Waals surface area contributed by atoms with Crippen molar-refractivity contribution in [2.45, 2.75) is 13.0 Å². The van der Waals surface area contributed by atoms with Gasteiger partial charge in [0.1, 0.15) is 17.9 Å². The second kappa shape index (κ2) is 11.3. The second-order valence-corrected chi connectivity index (χ2v) is 10.1. The van der Waals surface area contributed by atoms with Gasteiger partial charge in [-0.2, -0.15) is 0 Å². The third kappa shape index (κ3) is 5.50. The molecule has 39 heavy (non-hydrogen) atoms. The van der Waals surface area contributed by atoms with E-state index in [2.05, 4.69) is 46.0 Å². The van der Waals surface area contributed by atoms with Crippen LogP contribution in [0.4, 0.5) is 10.5 Å². The number of rotatable bonds is 7. The number of urea groups is 1. The molecule has 4 aromatic carbocycles. The van der Waals surface area contributed by atoms with Gasteiger partial charge in [-0.15, -0.1) is 6.58 Å². The summed E-state index contributed by atoms with van der Waals surface area (Å²) >= 11 is 9.54. The van der Waals surface area contributed by atoms with E-state index >= 15 is 0 Å². The number of amides is 4. The van der Waals surface area contributed by atoms with Crippen molar-refractivity contribution in [3.63, 3.8) is 0 Å². The first kappa shape index (κ1) is 26.4. The number of fused-ring (bicyclic) bond motifs is 1. The molecule has 0 atom stereocenters. The summed E-state index contributed by atoms with van der Waals surface area (Å²) in [5.74, 6) is -0.862. The van der Waals surface area contributed by atoms with Crippen LogP contribution in [0.15, 0.2) is 102 Å². The molecule has 0 aromatic heterocycles. The second-order valence-electron chi connectivity index (χ2n) is 8.84. The first-order valence-electron chi connectivity index (χ1n) is 12.1. The molecule has 0 radical (unpaired) electrons. The van der Waals surface area contributed by atoms with Crippen LogP contribution >= 0.6 is 27.5 Å². The van der Waals surface area contributed by atoms with Crippen molar-refractivity contribution in [2.75, 3.05) is 4.90 Å². The highest BCUT2D eigenvalue weighted by atomic mass is 79.9. The molecule has 4 aromatic rings. The van der Waals surface area contributed by atoms with Crippen LogP contribution < -0.4 is 15.0 Å². The fraction of sp³-hybridized carbons (Fsp3) is 0.0645. The summed E-state index contributed by atoms with van der Waals surface area (Å²) in [5.41, 5.74) is 2.57. The predicted molar refractivity (Wildman–Crippen MR) is 157 cm³/mol. The summed E-state index contributed by atoms with van der Waals surface area (Å²) in [6.45, 7) is 4.21. The van der Waals surface area contributed by atoms with Crippen LogP contribution in [0.25, 0.3) is 16.8 Å². The third-order valence-corrected chi connectivity index (χ3v) is 7.10. The van der Waals surface area contributed by atoms with E-state index < -0.39 is 17.8 Å². The fourth-order valence-electron chi connectivity index (χ4n) is 4.44. The molecule has 0 spiro atoms. The minimum absolute atomic E-state index is 0.176. The number of carbonyl (C=O) groups excluding carboxylic acids is 3. The monoisotopic (exact) mass is 600 g/mol. The van der Waals surface area contributed by atoms with Crippen molar-refractivity contribution in [3.8, 4) is 5.75 Å². The van der Waals surface area contributed by atoms with Crippen molar-refractivity contribution < 1.29 is 19.1 Å². The molecular weight excluding hydrogens is 580 g/mol. The molecule has 0 aliphatic carbocycles. The largest absolute Gasteiger partial charge is 0.487 e. The van der Waals surface area contributed by atoms with E-state index in [1.54, 1.807) is 24.3 Å². The lowest BCUT2D eigenvalue weighted by Gasteiger charge is -2.26. The first-order chi connectivity index (χ1) is 18.9. The van der Waals surface area contributed by atoms with E-state index in [0.29, 0.717) is 39.5 Å². The van der Waals surface area contributed by atoms with Gasteiger partial charge in [-0.05, 0) is 92.3 Å². The number of halogens is 2. The number of hydrogen-bond acceptors (Lipinski definition) is 4. The number of nitrogens with one attached hydrogen (secondary N) is 1. The van der Waals surface area contributed by atoms with Gasteiger partial charge in [0.05, 0.1) is 10.2 Å². The Labute approximate surface area is 238 Å². The number of imide groups is 2. The zero-order chi connectivity index (χ0) is 27.5. The Hall–Kier alpha value is -4.20. The van der Waals surface area contributed by atoms with Gasteiger partial charge in [-0.25, -0.2) is 9.69 Å². The molecule has 0 bridgehead atoms. The highest BCUT2D eigenvalue weighted by Crippen LogP contribution is 2.34. The molecule has 1 saturated heterocycles. The minimum Gasteiger partial charge on any atom is -0.487 e. The highest BCUT2D eigenvalue weighted by molar-refractivity contribution is 9.10. The lowest BCUT2D eigenvalue weighted by molar-refractivity contribution is -0.122. The maximum atomic E-state index is 13.3. The first-order valence-corrected chi connectivity index (χ1v) is 13.2. The average molecular weight is 602 g/mol. The summed E-state index contributed by atoms with van der Waals surface area (Å²) in [6, 6.07) is 23.2. The van der Waals surface area contributed by atoms with E-state index in [0.717, 1.165) is 26.8 Å². The van der Waals surface area contributed by atoms with E-state index in [1.807, 2.05) is 30.3 Å². The maximum absolute atomic E-state index is 13.3. The van der Waals surface area contributed by atoms with Gasteiger partial charge in [-0.3, -0.25) is 14.9 Å². The Bertz CT molecular complexity index is 1660. The summed E-state index contributed by atoms with van der Waals surface area (Å²) in [5, 5.41) is 4.94. The summed E-state index contributed by atoms with van der Waals surface area (Å²) < 4.78 is 6.93. The van der Waals surface area contributed by atoms with Crippen LogP contribution in [0.1, 0.15) is 16.7 Å². The molecule has 1 aliphatic heterocycles. The number of benzene rings is 4. The quantitative estimate of drug-likeness (QED) is 0.138. The van der Waals surface area contributed by atoms with Crippen LogP contribution in [0, 0.1) is 0 Å². The van der Waals surface area contributed by atoms with E-state index in [1.165, 1.54) is 18.2 Å². The van der Waals surface area contributed by atoms with Gasteiger partial charge in [0.2, 0.25) is 0 Å². The van der Waals surface area contributed by atoms with Gasteiger partial charge in [-0.1, -0.05) is 60.1 Å². The zero-order valence-corrected chi connectivity index (χ0v) is 23.0. The van der Waals surface area contributed by atoms with Crippen molar-refractivity contribution in [1.82, 2.24) is 5.32 Å². The SMILES string of the molecule is C=CCc1cc(/C=C2\C(=O)NC(=O)N(c3ccc(Cl)cc3)C2=O)cc(Br)c1OCc1cccc2ccccc12. The van der Waals surface area contributed by atoms with Crippen molar-refractivity contribution in [1.29, 1.82) is 0 Å². The van der Waals surface area contributed by atoms with Crippen LogP contribution in [0.5, 0.6) is 5.75 Å². The molecular formula is C31H22BrClN2O4. The van der Waals surface area contributed by atoms with E-state index in [9.17, 15) is 14.4 Å². The molecule has 6 nitrogen and oxygen atoms in total. The van der Waals surface area contributed by atoms with E-state index in [-0.39, 0.29) is 5.57 Å². The molecule has 0 saturated carbocycles. The van der Waals surface area contributed by atoms with Crippen LogP contribution in [-0.2, 0) is 22.6 Å². The number of hydrogen-bond donors (Lipinski definition) is 1. The zero-order valence-electron chi connectivity index (χ0n) is 20.6. The topological polar surface area (TPSA) is 75.7 Å². The number of carbonyl (C=O) groups is 3. The molecule has 1 aliphatic rings. The van der Waals surface area contributed by atoms with Crippen LogP contribution in [-0.4, -0.2) is 17.8 Å². The Balaban J connectivity index is 1.46. The Morgan fingerprint density at radius 3 is 2.46 bits per heavy atom. The minimum atomic E-state index is -0.824. The summed E-state index contributed by atoms with van der Waals surface area (Å²) in [4.78, 5) is 39.3. The van der Waals surface area contributed by atoms with Crippen LogP contribution in [0.3, 0.4) is 0 Å². The lowest BCUT2D eigenvalue weighted by atomic mass is 10.0. The van der Waals surface area contributed by atoms with Gasteiger partial charge in [0.25, 0.3) is 11.8 Å². The number of barbiturate groups is 1. The standard InChI is InChI=1S/C31H22BrClN2O4/c1-2-6-21-15-19(16-26-29(36)34-31(38)35(30(26)37)24-13-11-23(33)12-14-24)17-27(32)28(21)39-18-22-9-5-8-20-7-3-4-10-25(20)22/h2-5,7-17H,1,6,18H2,(H,34,36,38)/b26-16+. The normalized spacial score (nSPS) is 14.6. The highest BCUT2D eigenvalue weighted by Gasteiger charge is 2.36. The molecule has 0 unspecified atom stereocenters. The van der Waals surface area contributed by atoms with Gasteiger partial charge in [0.15, 0.2) is 0 Å².